The largest absolute Gasteiger partial charge is 0.494 e. The van der Waals surface area contributed by atoms with Gasteiger partial charge in [0.15, 0.2) is 17.5 Å². The third kappa shape index (κ3) is 6.17. The summed E-state index contributed by atoms with van der Waals surface area (Å²) in [7, 11) is 1.43. The minimum Gasteiger partial charge on any atom is -0.494 e. The summed E-state index contributed by atoms with van der Waals surface area (Å²) in [6.45, 7) is 4.65. The molecule has 0 amide bonds. The third-order valence-electron chi connectivity index (χ3n) is 3.67. The van der Waals surface area contributed by atoms with Gasteiger partial charge in [0, 0.05) is 6.54 Å². The van der Waals surface area contributed by atoms with E-state index in [-0.39, 0.29) is 42.3 Å². The predicted octanol–water partition coefficient (Wildman–Crippen LogP) is 3.40. The number of ether oxygens (including phenoxy) is 1. The zero-order chi connectivity index (χ0) is 18.2. The summed E-state index contributed by atoms with van der Waals surface area (Å²) in [4.78, 5) is 4.36. The molecule has 6 nitrogen and oxygen atoms in total. The molecular formula is C18H25FIN3O3. The van der Waals surface area contributed by atoms with E-state index in [1.165, 1.54) is 19.4 Å². The van der Waals surface area contributed by atoms with Gasteiger partial charge < -0.3 is 24.9 Å². The molecule has 2 aromatic rings. The Morgan fingerprint density at radius 2 is 2.15 bits per heavy atom. The summed E-state index contributed by atoms with van der Waals surface area (Å²) in [5, 5.41) is 16.3. The van der Waals surface area contributed by atoms with Crippen LogP contribution >= 0.6 is 24.0 Å². The molecule has 2 unspecified atom stereocenters. The SMILES string of the molecule is CCNC(=NCC(O)c1ccco1)NC(C)c1ccc(OC)c(F)c1.I. The van der Waals surface area contributed by atoms with Gasteiger partial charge in [-0.05, 0) is 43.7 Å². The number of halogens is 2. The molecular weight excluding hydrogens is 452 g/mol. The van der Waals surface area contributed by atoms with Gasteiger partial charge in [0.25, 0.3) is 0 Å². The lowest BCUT2D eigenvalue weighted by atomic mass is 10.1. The molecule has 0 aliphatic rings. The van der Waals surface area contributed by atoms with Crippen LogP contribution < -0.4 is 15.4 Å². The van der Waals surface area contributed by atoms with Gasteiger partial charge in [-0.1, -0.05) is 6.07 Å². The van der Waals surface area contributed by atoms with Gasteiger partial charge in [-0.2, -0.15) is 0 Å². The molecule has 0 aliphatic heterocycles. The summed E-state index contributed by atoms with van der Waals surface area (Å²) >= 11 is 0. The van der Waals surface area contributed by atoms with Gasteiger partial charge >= 0.3 is 0 Å². The minimum atomic E-state index is -0.820. The van der Waals surface area contributed by atoms with Crippen molar-refractivity contribution in [2.24, 2.45) is 4.99 Å². The maximum Gasteiger partial charge on any atom is 0.191 e. The molecule has 0 bridgehead atoms. The van der Waals surface area contributed by atoms with Gasteiger partial charge in [-0.25, -0.2) is 4.39 Å². The Kier molecular flexibility index (Phi) is 9.42. The number of aliphatic imine (C=N–C) groups is 1. The lowest BCUT2D eigenvalue weighted by Gasteiger charge is -2.19. The van der Waals surface area contributed by atoms with Gasteiger partial charge in [-0.15, -0.1) is 24.0 Å². The number of methoxy groups -OCH3 is 1. The van der Waals surface area contributed by atoms with Crippen LogP contribution in [-0.2, 0) is 0 Å². The number of furan rings is 1. The van der Waals surface area contributed by atoms with Crippen molar-refractivity contribution >= 4 is 29.9 Å². The van der Waals surface area contributed by atoms with Crippen LogP contribution in [0.5, 0.6) is 5.75 Å². The lowest BCUT2D eigenvalue weighted by molar-refractivity contribution is 0.158. The van der Waals surface area contributed by atoms with Crippen molar-refractivity contribution in [3.05, 3.63) is 53.7 Å². The Bertz CT molecular complexity index is 695. The highest BCUT2D eigenvalue weighted by atomic mass is 127. The smallest absolute Gasteiger partial charge is 0.191 e. The van der Waals surface area contributed by atoms with Crippen LogP contribution in [-0.4, -0.2) is 31.3 Å². The monoisotopic (exact) mass is 477 g/mol. The number of aliphatic hydroxyl groups is 1. The Morgan fingerprint density at radius 3 is 2.73 bits per heavy atom. The Hall–Kier alpha value is -1.81. The van der Waals surface area contributed by atoms with E-state index in [4.69, 9.17) is 9.15 Å². The second-order valence-corrected chi connectivity index (χ2v) is 5.51. The van der Waals surface area contributed by atoms with Gasteiger partial charge in [0.2, 0.25) is 0 Å². The molecule has 2 atom stereocenters. The summed E-state index contributed by atoms with van der Waals surface area (Å²) in [6.07, 6.45) is 0.686. The Labute approximate surface area is 169 Å². The van der Waals surface area contributed by atoms with Gasteiger partial charge in [0.05, 0.1) is 26.0 Å². The fourth-order valence-electron chi connectivity index (χ4n) is 2.31. The zero-order valence-electron chi connectivity index (χ0n) is 15.0. The summed E-state index contributed by atoms with van der Waals surface area (Å²) in [5.74, 6) is 0.781. The number of benzene rings is 1. The van der Waals surface area contributed by atoms with Crippen LogP contribution in [0.15, 0.2) is 46.0 Å². The third-order valence-corrected chi connectivity index (χ3v) is 3.67. The number of nitrogens with zero attached hydrogens (tertiary/aromatic N) is 1. The number of rotatable bonds is 7. The standard InChI is InChI=1S/C18H24FN3O3.HI/c1-4-20-18(21-11-15(23)17-6-5-9-25-17)22-12(2)13-7-8-16(24-3)14(19)10-13;/h5-10,12,15,23H,4,11H2,1-3H3,(H2,20,21,22);1H. The van der Waals surface area contributed by atoms with E-state index in [2.05, 4.69) is 15.6 Å². The molecule has 0 saturated heterocycles. The predicted molar refractivity (Wildman–Crippen MR) is 110 cm³/mol. The summed E-state index contributed by atoms with van der Waals surface area (Å²) in [6, 6.07) is 8.04. The van der Waals surface area contributed by atoms with Crippen molar-refractivity contribution in [1.82, 2.24) is 10.6 Å². The molecule has 0 saturated carbocycles. The maximum atomic E-state index is 13.9. The van der Waals surface area contributed by atoms with Gasteiger partial charge in [-0.3, -0.25) is 4.99 Å². The van der Waals surface area contributed by atoms with Crippen LogP contribution in [0, 0.1) is 5.82 Å². The highest BCUT2D eigenvalue weighted by molar-refractivity contribution is 14.0. The van der Waals surface area contributed by atoms with Crippen LogP contribution in [0.4, 0.5) is 4.39 Å². The van der Waals surface area contributed by atoms with Gasteiger partial charge in [0.1, 0.15) is 11.9 Å². The average molecular weight is 477 g/mol. The first-order valence-electron chi connectivity index (χ1n) is 8.14. The molecule has 0 spiro atoms. The van der Waals surface area contributed by atoms with E-state index in [1.54, 1.807) is 24.3 Å². The quantitative estimate of drug-likeness (QED) is 0.324. The molecule has 1 aromatic heterocycles. The van der Waals surface area contributed by atoms with E-state index in [0.717, 1.165) is 5.56 Å². The average Bonchev–Trinajstić information content (AvgIpc) is 3.14. The van der Waals surface area contributed by atoms with Crippen molar-refractivity contribution in [3.63, 3.8) is 0 Å². The Morgan fingerprint density at radius 1 is 1.38 bits per heavy atom. The normalized spacial score (nSPS) is 13.5. The van der Waals surface area contributed by atoms with E-state index in [0.29, 0.717) is 18.3 Å². The van der Waals surface area contributed by atoms with Crippen LogP contribution in [0.2, 0.25) is 0 Å². The second kappa shape index (κ2) is 11.0. The molecule has 144 valence electrons. The number of guanidine groups is 1. The van der Waals surface area contributed by atoms with E-state index < -0.39 is 11.9 Å². The van der Waals surface area contributed by atoms with Crippen molar-refractivity contribution in [3.8, 4) is 5.75 Å². The minimum absolute atomic E-state index is 0. The first-order valence-corrected chi connectivity index (χ1v) is 8.14. The lowest BCUT2D eigenvalue weighted by Crippen LogP contribution is -2.39. The molecule has 0 radical (unpaired) electrons. The molecule has 1 heterocycles. The fourth-order valence-corrected chi connectivity index (χ4v) is 2.31. The van der Waals surface area contributed by atoms with E-state index in [1.807, 2.05) is 13.8 Å². The van der Waals surface area contributed by atoms with Crippen LogP contribution in [0.25, 0.3) is 0 Å². The van der Waals surface area contributed by atoms with Crippen molar-refractivity contribution < 1.29 is 18.7 Å². The fraction of sp³-hybridized carbons (Fsp3) is 0.389. The Balaban J connectivity index is 0.00000338. The molecule has 0 fully saturated rings. The van der Waals surface area contributed by atoms with E-state index >= 15 is 0 Å². The van der Waals surface area contributed by atoms with Crippen LogP contribution in [0.3, 0.4) is 0 Å². The maximum absolute atomic E-state index is 13.9. The molecule has 1 aromatic carbocycles. The molecule has 3 N–H and O–H groups in total. The van der Waals surface area contributed by atoms with Crippen molar-refractivity contribution in [1.29, 1.82) is 0 Å². The van der Waals surface area contributed by atoms with E-state index in [9.17, 15) is 9.50 Å². The molecule has 26 heavy (non-hydrogen) atoms. The van der Waals surface area contributed by atoms with Crippen LogP contribution in [0.1, 0.15) is 37.3 Å². The second-order valence-electron chi connectivity index (χ2n) is 5.51. The first kappa shape index (κ1) is 22.2. The highest BCUT2D eigenvalue weighted by Crippen LogP contribution is 2.21. The molecule has 8 heteroatoms. The number of hydrogen-bond acceptors (Lipinski definition) is 4. The summed E-state index contributed by atoms with van der Waals surface area (Å²) < 4.78 is 24.0. The zero-order valence-corrected chi connectivity index (χ0v) is 17.4. The number of aliphatic hydroxyl groups excluding tert-OH is 1. The highest BCUT2D eigenvalue weighted by Gasteiger charge is 2.13. The number of hydrogen-bond donors (Lipinski definition) is 3. The van der Waals surface area contributed by atoms with Crippen molar-refractivity contribution in [2.75, 3.05) is 20.2 Å². The number of nitrogens with one attached hydrogen (secondary N) is 2. The molecule has 0 aliphatic carbocycles. The molecule has 2 rings (SSSR count). The topological polar surface area (TPSA) is 79.0 Å². The first-order chi connectivity index (χ1) is 12.0. The summed E-state index contributed by atoms with van der Waals surface area (Å²) in [5.41, 5.74) is 0.760. The van der Waals surface area contributed by atoms with Crippen molar-refractivity contribution in [2.45, 2.75) is 26.0 Å².